The molecule has 0 amide bonds. The first kappa shape index (κ1) is 8.30. The van der Waals surface area contributed by atoms with Gasteiger partial charge < -0.3 is 15.4 Å². The van der Waals surface area contributed by atoms with Gasteiger partial charge in [0.25, 0.3) is 0 Å². The summed E-state index contributed by atoms with van der Waals surface area (Å²) in [6.45, 7) is 1.77. The molecule has 1 heterocycles. The summed E-state index contributed by atoms with van der Waals surface area (Å²) >= 11 is 0. The third-order valence-corrected chi connectivity index (χ3v) is 1.86. The van der Waals surface area contributed by atoms with Gasteiger partial charge in [-0.1, -0.05) is 0 Å². The van der Waals surface area contributed by atoms with Crippen molar-refractivity contribution in [3.8, 4) is 0 Å². The number of nitrogens with two attached hydrogens (primary N) is 1. The Morgan fingerprint density at radius 3 is 2.73 bits per heavy atom. The van der Waals surface area contributed by atoms with E-state index in [1.54, 1.807) is 0 Å². The van der Waals surface area contributed by atoms with E-state index in [0.29, 0.717) is 0 Å². The van der Waals surface area contributed by atoms with E-state index in [1.807, 2.05) is 36.9 Å². The predicted molar refractivity (Wildman–Crippen MR) is 44.0 cm³/mol. The number of rotatable bonds is 2. The molecule has 0 radical (unpaired) electrons. The van der Waals surface area contributed by atoms with E-state index in [1.165, 1.54) is 0 Å². The van der Waals surface area contributed by atoms with E-state index in [-0.39, 0.29) is 6.61 Å². The molecule has 0 aliphatic rings. The zero-order valence-electron chi connectivity index (χ0n) is 6.91. The second kappa shape index (κ2) is 2.68. The van der Waals surface area contributed by atoms with Crippen molar-refractivity contribution < 1.29 is 5.11 Å². The standard InChI is InChI=1S/C8H14N2O/c1-8(9,6-11)7-4-3-5-10(7)2/h3-5,11H,6,9H2,1-2H3/t8-/m0/s1. The summed E-state index contributed by atoms with van der Waals surface area (Å²) in [6.07, 6.45) is 1.91. The Morgan fingerprint density at radius 2 is 2.36 bits per heavy atom. The van der Waals surface area contributed by atoms with Crippen LogP contribution in [0, 0.1) is 0 Å². The molecule has 1 aromatic heterocycles. The molecule has 1 aromatic rings. The lowest BCUT2D eigenvalue weighted by Gasteiger charge is -2.22. The highest BCUT2D eigenvalue weighted by Gasteiger charge is 2.21. The third kappa shape index (κ3) is 1.44. The lowest BCUT2D eigenvalue weighted by molar-refractivity contribution is 0.204. The van der Waals surface area contributed by atoms with E-state index in [0.717, 1.165) is 5.69 Å². The van der Waals surface area contributed by atoms with E-state index < -0.39 is 5.54 Å². The Balaban J connectivity index is 3.00. The van der Waals surface area contributed by atoms with Gasteiger partial charge in [0.1, 0.15) is 0 Å². The van der Waals surface area contributed by atoms with Crippen LogP contribution in [0.3, 0.4) is 0 Å². The molecule has 0 aliphatic carbocycles. The SMILES string of the molecule is Cn1cccc1[C@@](C)(N)CO. The number of aromatic nitrogens is 1. The van der Waals surface area contributed by atoms with Crippen LogP contribution in [0.1, 0.15) is 12.6 Å². The smallest absolute Gasteiger partial charge is 0.0768 e. The second-order valence-corrected chi connectivity index (χ2v) is 3.08. The quantitative estimate of drug-likeness (QED) is 0.639. The van der Waals surface area contributed by atoms with Crippen LogP contribution in [0.4, 0.5) is 0 Å². The largest absolute Gasteiger partial charge is 0.394 e. The number of hydrogen-bond donors (Lipinski definition) is 2. The monoisotopic (exact) mass is 154 g/mol. The van der Waals surface area contributed by atoms with E-state index >= 15 is 0 Å². The lowest BCUT2D eigenvalue weighted by Crippen LogP contribution is -2.38. The molecular weight excluding hydrogens is 140 g/mol. The molecule has 0 aromatic carbocycles. The topological polar surface area (TPSA) is 51.2 Å². The molecule has 0 saturated carbocycles. The highest BCUT2D eigenvalue weighted by atomic mass is 16.3. The van der Waals surface area contributed by atoms with Crippen LogP contribution in [-0.2, 0) is 12.6 Å². The molecule has 3 heteroatoms. The zero-order valence-corrected chi connectivity index (χ0v) is 6.91. The molecule has 0 unspecified atom stereocenters. The molecule has 1 rings (SSSR count). The molecule has 0 aliphatic heterocycles. The van der Waals surface area contributed by atoms with Gasteiger partial charge in [-0.2, -0.15) is 0 Å². The summed E-state index contributed by atoms with van der Waals surface area (Å²) in [5, 5.41) is 8.95. The van der Waals surface area contributed by atoms with Crippen molar-refractivity contribution in [1.29, 1.82) is 0 Å². The Bertz CT molecular complexity index is 240. The highest BCUT2D eigenvalue weighted by molar-refractivity contribution is 5.16. The van der Waals surface area contributed by atoms with E-state index in [9.17, 15) is 0 Å². The van der Waals surface area contributed by atoms with Crippen LogP contribution in [-0.4, -0.2) is 16.3 Å². The minimum atomic E-state index is -0.627. The molecule has 0 bridgehead atoms. The molecule has 11 heavy (non-hydrogen) atoms. The first-order valence-electron chi connectivity index (χ1n) is 3.59. The second-order valence-electron chi connectivity index (χ2n) is 3.08. The van der Waals surface area contributed by atoms with Crippen LogP contribution in [0.15, 0.2) is 18.3 Å². The minimum absolute atomic E-state index is 0.0369. The van der Waals surface area contributed by atoms with Crippen molar-refractivity contribution in [3.05, 3.63) is 24.0 Å². The fraction of sp³-hybridized carbons (Fsp3) is 0.500. The maximum Gasteiger partial charge on any atom is 0.0768 e. The number of aliphatic hydroxyl groups is 1. The van der Waals surface area contributed by atoms with Gasteiger partial charge in [0, 0.05) is 18.9 Å². The summed E-state index contributed by atoms with van der Waals surface area (Å²) < 4.78 is 1.91. The van der Waals surface area contributed by atoms with Gasteiger partial charge in [-0.25, -0.2) is 0 Å². The molecule has 3 nitrogen and oxygen atoms in total. The Labute approximate surface area is 66.4 Å². The van der Waals surface area contributed by atoms with Gasteiger partial charge >= 0.3 is 0 Å². The number of aliphatic hydroxyl groups excluding tert-OH is 1. The van der Waals surface area contributed by atoms with E-state index in [4.69, 9.17) is 10.8 Å². The maximum absolute atomic E-state index is 8.95. The normalized spacial score (nSPS) is 16.4. The Morgan fingerprint density at radius 1 is 1.73 bits per heavy atom. The fourth-order valence-corrected chi connectivity index (χ4v) is 1.14. The predicted octanol–water partition coefficient (Wildman–Crippen LogP) is 0.191. The molecule has 1 atom stereocenters. The third-order valence-electron chi connectivity index (χ3n) is 1.86. The van der Waals surface area contributed by atoms with Gasteiger partial charge in [0.15, 0.2) is 0 Å². The van der Waals surface area contributed by atoms with Crippen LogP contribution in [0.5, 0.6) is 0 Å². The van der Waals surface area contributed by atoms with Gasteiger partial charge in [0.05, 0.1) is 12.1 Å². The summed E-state index contributed by atoms with van der Waals surface area (Å²) in [6, 6.07) is 3.83. The number of aryl methyl sites for hydroxylation is 1. The summed E-state index contributed by atoms with van der Waals surface area (Å²) in [5.41, 5.74) is 6.13. The fourth-order valence-electron chi connectivity index (χ4n) is 1.14. The summed E-state index contributed by atoms with van der Waals surface area (Å²) in [7, 11) is 1.91. The Kier molecular flexibility index (Phi) is 2.02. The Hall–Kier alpha value is -0.800. The van der Waals surface area contributed by atoms with Crippen molar-refractivity contribution in [2.24, 2.45) is 12.8 Å². The van der Waals surface area contributed by atoms with Crippen molar-refractivity contribution in [2.45, 2.75) is 12.5 Å². The van der Waals surface area contributed by atoms with Crippen LogP contribution >= 0.6 is 0 Å². The van der Waals surface area contributed by atoms with Crippen LogP contribution in [0.2, 0.25) is 0 Å². The number of nitrogens with zero attached hydrogens (tertiary/aromatic N) is 1. The van der Waals surface area contributed by atoms with Gasteiger partial charge in [-0.05, 0) is 19.1 Å². The van der Waals surface area contributed by atoms with Crippen molar-refractivity contribution in [1.82, 2.24) is 4.57 Å². The van der Waals surface area contributed by atoms with Crippen LogP contribution < -0.4 is 5.73 Å². The molecule has 0 spiro atoms. The minimum Gasteiger partial charge on any atom is -0.394 e. The summed E-state index contributed by atoms with van der Waals surface area (Å²) in [5.74, 6) is 0. The van der Waals surface area contributed by atoms with Gasteiger partial charge in [-0.3, -0.25) is 0 Å². The molecule has 0 fully saturated rings. The lowest BCUT2D eigenvalue weighted by atomic mass is 10.0. The molecule has 3 N–H and O–H groups in total. The molecule has 62 valence electrons. The average molecular weight is 154 g/mol. The first-order chi connectivity index (χ1) is 5.08. The van der Waals surface area contributed by atoms with Crippen molar-refractivity contribution in [3.63, 3.8) is 0 Å². The molecular formula is C8H14N2O. The summed E-state index contributed by atoms with van der Waals surface area (Å²) in [4.78, 5) is 0. The van der Waals surface area contributed by atoms with E-state index in [2.05, 4.69) is 0 Å². The van der Waals surface area contributed by atoms with Crippen LogP contribution in [0.25, 0.3) is 0 Å². The van der Waals surface area contributed by atoms with Gasteiger partial charge in [-0.15, -0.1) is 0 Å². The van der Waals surface area contributed by atoms with Gasteiger partial charge in [0.2, 0.25) is 0 Å². The maximum atomic E-state index is 8.95. The highest BCUT2D eigenvalue weighted by Crippen LogP contribution is 2.15. The first-order valence-corrected chi connectivity index (χ1v) is 3.59. The van der Waals surface area contributed by atoms with Crippen molar-refractivity contribution >= 4 is 0 Å². The van der Waals surface area contributed by atoms with Crippen molar-refractivity contribution in [2.75, 3.05) is 6.61 Å². The number of hydrogen-bond acceptors (Lipinski definition) is 2. The molecule has 0 saturated heterocycles. The average Bonchev–Trinajstić information content (AvgIpc) is 2.36. The zero-order chi connectivity index (χ0) is 8.48.